The van der Waals surface area contributed by atoms with Gasteiger partial charge in [-0.2, -0.15) is 0 Å². The molecule has 1 unspecified atom stereocenters. The number of aryl methyl sites for hydroxylation is 1. The minimum absolute atomic E-state index is 0.269. The Bertz CT molecular complexity index is 731. The summed E-state index contributed by atoms with van der Waals surface area (Å²) in [6.07, 6.45) is 6.09. The zero-order chi connectivity index (χ0) is 16.9. The van der Waals surface area contributed by atoms with Gasteiger partial charge in [0, 0.05) is 24.6 Å². The van der Waals surface area contributed by atoms with Crippen molar-refractivity contribution < 1.29 is 9.15 Å². The van der Waals surface area contributed by atoms with E-state index in [0.717, 1.165) is 49.9 Å². The molecule has 0 saturated carbocycles. The van der Waals surface area contributed by atoms with Gasteiger partial charge < -0.3 is 14.1 Å². The minimum Gasteiger partial charge on any atom is -0.423 e. The molecule has 1 fully saturated rings. The van der Waals surface area contributed by atoms with E-state index in [1.165, 1.54) is 18.4 Å². The van der Waals surface area contributed by atoms with Gasteiger partial charge in [0.1, 0.15) is 5.58 Å². The number of hydrogen-bond donors (Lipinski definition) is 0. The van der Waals surface area contributed by atoms with Gasteiger partial charge in [-0.15, -0.1) is 0 Å². The van der Waals surface area contributed by atoms with Crippen molar-refractivity contribution in [1.29, 1.82) is 0 Å². The van der Waals surface area contributed by atoms with Crippen molar-refractivity contribution in [3.63, 3.8) is 0 Å². The van der Waals surface area contributed by atoms with Crippen LogP contribution in [0.1, 0.15) is 43.7 Å². The molecule has 1 saturated heterocycles. The summed E-state index contributed by atoms with van der Waals surface area (Å²) in [5.74, 6) is 0. The van der Waals surface area contributed by atoms with Crippen molar-refractivity contribution in [2.45, 2.75) is 51.7 Å². The number of ether oxygens (including phenoxy) is 1. The van der Waals surface area contributed by atoms with Crippen LogP contribution in [0, 0.1) is 0 Å². The molecular weight excluding hydrogens is 302 g/mol. The molecule has 2 heterocycles. The first-order valence-electron chi connectivity index (χ1n) is 9.01. The van der Waals surface area contributed by atoms with E-state index in [4.69, 9.17) is 9.15 Å². The molecule has 24 heavy (non-hydrogen) atoms. The topological polar surface area (TPSA) is 42.7 Å². The second-order valence-corrected chi connectivity index (χ2v) is 6.79. The first-order valence-corrected chi connectivity index (χ1v) is 9.01. The van der Waals surface area contributed by atoms with Gasteiger partial charge in [-0.1, -0.05) is 13.0 Å². The van der Waals surface area contributed by atoms with Crippen LogP contribution >= 0.6 is 0 Å². The highest BCUT2D eigenvalue weighted by Crippen LogP contribution is 2.21. The molecule has 1 aromatic heterocycles. The lowest BCUT2D eigenvalue weighted by Crippen LogP contribution is -2.21. The maximum atomic E-state index is 11.8. The van der Waals surface area contributed by atoms with Crippen LogP contribution in [0.4, 0.5) is 0 Å². The number of hydrogen-bond acceptors (Lipinski definition) is 4. The Balaban J connectivity index is 1.67. The van der Waals surface area contributed by atoms with Crippen molar-refractivity contribution in [2.75, 3.05) is 20.2 Å². The molecule has 1 aliphatic heterocycles. The zero-order valence-electron chi connectivity index (χ0n) is 14.7. The van der Waals surface area contributed by atoms with Gasteiger partial charge in [0.05, 0.1) is 6.10 Å². The zero-order valence-corrected chi connectivity index (χ0v) is 14.7. The highest BCUT2D eigenvalue weighted by Gasteiger charge is 2.15. The Kier molecular flexibility index (Phi) is 5.69. The molecule has 1 aromatic carbocycles. The van der Waals surface area contributed by atoms with Gasteiger partial charge in [-0.3, -0.25) is 0 Å². The van der Waals surface area contributed by atoms with Gasteiger partial charge in [0.25, 0.3) is 0 Å². The van der Waals surface area contributed by atoms with Crippen LogP contribution in [-0.2, 0) is 17.7 Å². The fourth-order valence-corrected chi connectivity index (χ4v) is 3.46. The van der Waals surface area contributed by atoms with E-state index in [1.54, 1.807) is 6.07 Å². The van der Waals surface area contributed by atoms with E-state index in [2.05, 4.69) is 24.9 Å². The monoisotopic (exact) mass is 329 g/mol. The van der Waals surface area contributed by atoms with E-state index in [0.29, 0.717) is 11.7 Å². The lowest BCUT2D eigenvalue weighted by atomic mass is 10.0. The summed E-state index contributed by atoms with van der Waals surface area (Å²) in [5.41, 5.74) is 2.73. The molecule has 1 atom stereocenters. The molecule has 0 N–H and O–H groups in total. The Morgan fingerprint density at radius 1 is 1.29 bits per heavy atom. The van der Waals surface area contributed by atoms with Crippen LogP contribution in [0.3, 0.4) is 0 Å². The number of nitrogens with zero attached hydrogens (tertiary/aromatic N) is 1. The number of fused-ring (bicyclic) bond motifs is 1. The van der Waals surface area contributed by atoms with Gasteiger partial charge in [0.2, 0.25) is 0 Å². The quantitative estimate of drug-likeness (QED) is 0.726. The van der Waals surface area contributed by atoms with E-state index in [9.17, 15) is 4.79 Å². The third-order valence-corrected chi connectivity index (χ3v) is 4.83. The maximum Gasteiger partial charge on any atom is 0.336 e. The van der Waals surface area contributed by atoms with Crippen molar-refractivity contribution >= 4 is 11.0 Å². The number of rotatable bonds is 7. The van der Waals surface area contributed by atoms with Gasteiger partial charge in [0.15, 0.2) is 0 Å². The predicted molar refractivity (Wildman–Crippen MR) is 96.4 cm³/mol. The summed E-state index contributed by atoms with van der Waals surface area (Å²) in [4.78, 5) is 14.1. The largest absolute Gasteiger partial charge is 0.423 e. The molecule has 130 valence electrons. The second kappa shape index (κ2) is 7.95. The van der Waals surface area contributed by atoms with Crippen LogP contribution in [0.15, 0.2) is 33.5 Å². The molecule has 0 amide bonds. The standard InChI is InChI=1S/C20H27NO3/c1-3-15-8-9-19-18(12-15)16(13-20(22)24-19)14-21(2)10-4-6-17-7-5-11-23-17/h8-9,12-13,17H,3-7,10-11,14H2,1-2H3. The normalized spacial score (nSPS) is 17.9. The highest BCUT2D eigenvalue weighted by atomic mass is 16.5. The third-order valence-electron chi connectivity index (χ3n) is 4.83. The summed E-state index contributed by atoms with van der Waals surface area (Å²) in [6.45, 7) is 4.83. The molecule has 0 spiro atoms. The first kappa shape index (κ1) is 17.2. The fraction of sp³-hybridized carbons (Fsp3) is 0.550. The third kappa shape index (κ3) is 4.25. The molecule has 1 aliphatic rings. The average molecular weight is 329 g/mol. The Hall–Kier alpha value is -1.65. The summed E-state index contributed by atoms with van der Waals surface area (Å²) >= 11 is 0. The van der Waals surface area contributed by atoms with E-state index < -0.39 is 0 Å². The average Bonchev–Trinajstić information content (AvgIpc) is 3.08. The van der Waals surface area contributed by atoms with E-state index in [1.807, 2.05) is 12.1 Å². The van der Waals surface area contributed by atoms with Crippen LogP contribution in [0.2, 0.25) is 0 Å². The summed E-state index contributed by atoms with van der Waals surface area (Å²) in [5, 5.41) is 1.06. The minimum atomic E-state index is -0.269. The smallest absolute Gasteiger partial charge is 0.336 e. The van der Waals surface area contributed by atoms with Crippen molar-refractivity contribution in [1.82, 2.24) is 4.90 Å². The molecule has 3 rings (SSSR count). The molecule has 2 aromatic rings. The summed E-state index contributed by atoms with van der Waals surface area (Å²) in [6, 6.07) is 7.73. The molecule has 4 nitrogen and oxygen atoms in total. The molecule has 0 aliphatic carbocycles. The predicted octanol–water partition coefficient (Wildman–Crippen LogP) is 3.75. The van der Waals surface area contributed by atoms with Crippen LogP contribution < -0.4 is 5.63 Å². The molecule has 0 bridgehead atoms. The Labute approximate surface area is 143 Å². The summed E-state index contributed by atoms with van der Waals surface area (Å²) in [7, 11) is 2.11. The lowest BCUT2D eigenvalue weighted by Gasteiger charge is -2.18. The second-order valence-electron chi connectivity index (χ2n) is 6.79. The summed E-state index contributed by atoms with van der Waals surface area (Å²) < 4.78 is 11.0. The maximum absolute atomic E-state index is 11.8. The van der Waals surface area contributed by atoms with Crippen molar-refractivity contribution in [3.05, 3.63) is 45.8 Å². The van der Waals surface area contributed by atoms with Crippen molar-refractivity contribution in [2.24, 2.45) is 0 Å². The van der Waals surface area contributed by atoms with Crippen molar-refractivity contribution in [3.8, 4) is 0 Å². The molecule has 0 radical (unpaired) electrons. The molecular formula is C20H27NO3. The SMILES string of the molecule is CCc1ccc2oc(=O)cc(CN(C)CCCC3CCCO3)c2c1. The highest BCUT2D eigenvalue weighted by molar-refractivity contribution is 5.80. The molecule has 4 heteroatoms. The van der Waals surface area contributed by atoms with Crippen LogP contribution in [-0.4, -0.2) is 31.2 Å². The van der Waals surface area contributed by atoms with E-state index >= 15 is 0 Å². The Morgan fingerprint density at radius 3 is 2.92 bits per heavy atom. The van der Waals surface area contributed by atoms with Crippen LogP contribution in [0.5, 0.6) is 0 Å². The first-order chi connectivity index (χ1) is 11.7. The number of benzene rings is 1. The van der Waals surface area contributed by atoms with E-state index in [-0.39, 0.29) is 5.63 Å². The fourth-order valence-electron chi connectivity index (χ4n) is 3.46. The lowest BCUT2D eigenvalue weighted by molar-refractivity contribution is 0.0995. The van der Waals surface area contributed by atoms with Gasteiger partial charge in [-0.05, 0) is 69.0 Å². The van der Waals surface area contributed by atoms with Gasteiger partial charge in [-0.25, -0.2) is 4.79 Å². The Morgan fingerprint density at radius 2 is 2.17 bits per heavy atom. The van der Waals surface area contributed by atoms with Crippen LogP contribution in [0.25, 0.3) is 11.0 Å². The van der Waals surface area contributed by atoms with Gasteiger partial charge >= 0.3 is 5.63 Å².